The van der Waals surface area contributed by atoms with Crippen molar-refractivity contribution in [1.29, 1.82) is 0 Å². The molecule has 1 aliphatic heterocycles. The van der Waals surface area contributed by atoms with Crippen LogP contribution >= 0.6 is 0 Å². The fraction of sp³-hybridized carbons (Fsp3) is 0.700. The van der Waals surface area contributed by atoms with E-state index in [1.54, 1.807) is 6.20 Å². The Bertz CT molecular complexity index is 452. The fourth-order valence-electron chi connectivity index (χ4n) is 1.99. The summed E-state index contributed by atoms with van der Waals surface area (Å²) in [6.45, 7) is 1.45. The Kier molecular flexibility index (Phi) is 3.30. The number of hydrogen-bond donors (Lipinski definition) is 1. The Morgan fingerprint density at radius 3 is 3.00 bits per heavy atom. The fourth-order valence-corrected chi connectivity index (χ4v) is 3.85. The van der Waals surface area contributed by atoms with Crippen molar-refractivity contribution >= 4 is 9.84 Å². The number of imidazole rings is 1. The number of nitrogens with zero attached hydrogens (tertiary/aromatic N) is 2. The summed E-state index contributed by atoms with van der Waals surface area (Å²) in [6, 6.07) is 0. The molecule has 6 heteroatoms. The zero-order valence-corrected chi connectivity index (χ0v) is 10.2. The first-order chi connectivity index (χ1) is 7.57. The highest BCUT2D eigenvalue weighted by atomic mass is 32.2. The molecular weight excluding hydrogens is 226 g/mol. The molecule has 2 heterocycles. The topological polar surface area (TPSA) is 64.0 Å². The lowest BCUT2D eigenvalue weighted by Gasteiger charge is -2.09. The Hall–Kier alpha value is -0.880. The van der Waals surface area contributed by atoms with E-state index in [2.05, 4.69) is 10.3 Å². The first kappa shape index (κ1) is 11.6. The van der Waals surface area contributed by atoms with E-state index in [1.807, 2.05) is 17.8 Å². The number of rotatable bonds is 4. The highest BCUT2D eigenvalue weighted by Crippen LogP contribution is 2.17. The average molecular weight is 243 g/mol. The highest BCUT2D eigenvalue weighted by Gasteiger charge is 2.27. The summed E-state index contributed by atoms with van der Waals surface area (Å²) in [5.74, 6) is 1.92. The van der Waals surface area contributed by atoms with Gasteiger partial charge in [0.05, 0.1) is 18.1 Å². The van der Waals surface area contributed by atoms with Gasteiger partial charge in [-0.25, -0.2) is 13.4 Å². The third-order valence-corrected chi connectivity index (χ3v) is 4.80. The van der Waals surface area contributed by atoms with Crippen molar-refractivity contribution in [2.24, 2.45) is 13.0 Å². The molecule has 1 saturated heterocycles. The van der Waals surface area contributed by atoms with Crippen molar-refractivity contribution in [1.82, 2.24) is 14.9 Å². The maximum absolute atomic E-state index is 11.2. The second-order valence-corrected chi connectivity index (χ2v) is 6.58. The summed E-state index contributed by atoms with van der Waals surface area (Å²) in [5, 5.41) is 3.26. The largest absolute Gasteiger partial charge is 0.337 e. The predicted octanol–water partition coefficient (Wildman–Crippen LogP) is -0.0556. The molecule has 1 aliphatic rings. The van der Waals surface area contributed by atoms with Crippen LogP contribution in [0.1, 0.15) is 12.2 Å². The number of hydrogen-bond acceptors (Lipinski definition) is 4. The molecule has 1 aromatic rings. The van der Waals surface area contributed by atoms with Crippen LogP contribution in [0.2, 0.25) is 0 Å². The van der Waals surface area contributed by atoms with E-state index in [0.29, 0.717) is 18.1 Å². The van der Waals surface area contributed by atoms with E-state index in [1.165, 1.54) is 0 Å². The van der Waals surface area contributed by atoms with Crippen LogP contribution < -0.4 is 5.32 Å². The lowest BCUT2D eigenvalue weighted by atomic mass is 10.1. The van der Waals surface area contributed by atoms with E-state index in [0.717, 1.165) is 18.8 Å². The van der Waals surface area contributed by atoms with Gasteiger partial charge in [0.15, 0.2) is 9.84 Å². The first-order valence-corrected chi connectivity index (χ1v) is 7.26. The molecule has 0 bridgehead atoms. The monoisotopic (exact) mass is 243 g/mol. The molecule has 1 N–H and O–H groups in total. The third kappa shape index (κ3) is 2.82. The SMILES string of the molecule is Cn1ccnc1CNCC1CCS(=O)(=O)C1. The van der Waals surface area contributed by atoms with Crippen LogP contribution in [0.25, 0.3) is 0 Å². The van der Waals surface area contributed by atoms with Gasteiger partial charge in [-0.3, -0.25) is 0 Å². The maximum Gasteiger partial charge on any atom is 0.150 e. The predicted molar refractivity (Wildman–Crippen MR) is 61.7 cm³/mol. The summed E-state index contributed by atoms with van der Waals surface area (Å²) in [5.41, 5.74) is 0. The highest BCUT2D eigenvalue weighted by molar-refractivity contribution is 7.91. The van der Waals surface area contributed by atoms with E-state index in [4.69, 9.17) is 0 Å². The quantitative estimate of drug-likeness (QED) is 0.805. The summed E-state index contributed by atoms with van der Waals surface area (Å²) in [6.07, 6.45) is 4.45. The smallest absolute Gasteiger partial charge is 0.150 e. The van der Waals surface area contributed by atoms with Crippen LogP contribution in [0, 0.1) is 5.92 Å². The molecule has 0 spiro atoms. The van der Waals surface area contributed by atoms with Crippen molar-refractivity contribution in [2.75, 3.05) is 18.1 Å². The minimum absolute atomic E-state index is 0.269. The molecule has 16 heavy (non-hydrogen) atoms. The molecular formula is C10H17N3O2S. The molecule has 1 atom stereocenters. The maximum atomic E-state index is 11.2. The molecule has 2 rings (SSSR count). The lowest BCUT2D eigenvalue weighted by Crippen LogP contribution is -2.24. The summed E-state index contributed by atoms with van der Waals surface area (Å²) in [4.78, 5) is 4.19. The second kappa shape index (κ2) is 4.55. The van der Waals surface area contributed by atoms with Crippen molar-refractivity contribution in [3.8, 4) is 0 Å². The average Bonchev–Trinajstić information content (AvgIpc) is 2.74. The van der Waals surface area contributed by atoms with Crippen molar-refractivity contribution in [3.63, 3.8) is 0 Å². The summed E-state index contributed by atoms with van der Waals surface area (Å²) in [7, 11) is -0.800. The van der Waals surface area contributed by atoms with Crippen LogP contribution in [-0.2, 0) is 23.4 Å². The number of aryl methyl sites for hydroxylation is 1. The Morgan fingerprint density at radius 2 is 2.44 bits per heavy atom. The van der Waals surface area contributed by atoms with Gasteiger partial charge in [-0.15, -0.1) is 0 Å². The molecule has 5 nitrogen and oxygen atoms in total. The Balaban J connectivity index is 1.75. The summed E-state index contributed by atoms with van der Waals surface area (Å²) < 4.78 is 24.4. The van der Waals surface area contributed by atoms with Gasteiger partial charge in [0, 0.05) is 19.4 Å². The number of aromatic nitrogens is 2. The van der Waals surface area contributed by atoms with Crippen LogP contribution in [0.15, 0.2) is 12.4 Å². The Labute approximate surface area is 95.8 Å². The minimum Gasteiger partial charge on any atom is -0.337 e. The Morgan fingerprint density at radius 1 is 1.62 bits per heavy atom. The van der Waals surface area contributed by atoms with E-state index >= 15 is 0 Å². The zero-order valence-electron chi connectivity index (χ0n) is 9.39. The molecule has 0 radical (unpaired) electrons. The van der Waals surface area contributed by atoms with E-state index in [-0.39, 0.29) is 5.92 Å². The minimum atomic E-state index is -2.75. The number of sulfone groups is 1. The standard InChI is InChI=1S/C10H17N3O2S/c1-13-4-3-12-10(13)7-11-6-9-2-5-16(14,15)8-9/h3-4,9,11H,2,5-8H2,1H3. The molecule has 0 aromatic carbocycles. The van der Waals surface area contributed by atoms with Gasteiger partial charge >= 0.3 is 0 Å². The van der Waals surface area contributed by atoms with Gasteiger partial charge in [-0.1, -0.05) is 0 Å². The van der Waals surface area contributed by atoms with Gasteiger partial charge in [0.2, 0.25) is 0 Å². The van der Waals surface area contributed by atoms with Crippen molar-refractivity contribution in [3.05, 3.63) is 18.2 Å². The molecule has 1 aromatic heterocycles. The van der Waals surface area contributed by atoms with Gasteiger partial charge < -0.3 is 9.88 Å². The second-order valence-electron chi connectivity index (χ2n) is 4.35. The van der Waals surface area contributed by atoms with Crippen LogP contribution in [0.4, 0.5) is 0 Å². The zero-order chi connectivity index (χ0) is 11.6. The third-order valence-electron chi connectivity index (χ3n) is 2.96. The van der Waals surface area contributed by atoms with E-state index in [9.17, 15) is 8.42 Å². The van der Waals surface area contributed by atoms with Crippen LogP contribution in [0.3, 0.4) is 0 Å². The van der Waals surface area contributed by atoms with Crippen LogP contribution in [0.5, 0.6) is 0 Å². The van der Waals surface area contributed by atoms with E-state index < -0.39 is 9.84 Å². The van der Waals surface area contributed by atoms with Gasteiger partial charge in [0.1, 0.15) is 5.82 Å². The molecule has 0 amide bonds. The molecule has 0 saturated carbocycles. The molecule has 1 unspecified atom stereocenters. The lowest BCUT2D eigenvalue weighted by molar-refractivity contribution is 0.510. The summed E-state index contributed by atoms with van der Waals surface area (Å²) >= 11 is 0. The normalized spacial score (nSPS) is 23.7. The molecule has 0 aliphatic carbocycles. The number of nitrogens with one attached hydrogen (secondary N) is 1. The molecule has 1 fully saturated rings. The van der Waals surface area contributed by atoms with Crippen LogP contribution in [-0.4, -0.2) is 36.0 Å². The van der Waals surface area contributed by atoms with Gasteiger partial charge in [-0.05, 0) is 18.9 Å². The van der Waals surface area contributed by atoms with Gasteiger partial charge in [-0.2, -0.15) is 0 Å². The van der Waals surface area contributed by atoms with Crippen molar-refractivity contribution in [2.45, 2.75) is 13.0 Å². The van der Waals surface area contributed by atoms with Gasteiger partial charge in [0.25, 0.3) is 0 Å². The molecule has 90 valence electrons. The van der Waals surface area contributed by atoms with Crippen molar-refractivity contribution < 1.29 is 8.42 Å². The first-order valence-electron chi connectivity index (χ1n) is 5.44.